The Bertz CT molecular complexity index is 1650. The molecule has 2 aliphatic rings. The molecule has 0 aliphatic carbocycles. The topological polar surface area (TPSA) is 73.1 Å². The van der Waals surface area contributed by atoms with Crippen molar-refractivity contribution in [1.82, 2.24) is 4.57 Å². The zero-order valence-electron chi connectivity index (χ0n) is 23.3. The molecule has 3 heterocycles. The molecule has 7 nitrogen and oxygen atoms in total. The molecule has 2 aliphatic heterocycles. The molecule has 0 unspecified atom stereocenters. The van der Waals surface area contributed by atoms with E-state index in [-0.39, 0.29) is 12.2 Å². The first-order chi connectivity index (χ1) is 19.4. The van der Waals surface area contributed by atoms with Crippen LogP contribution in [0, 0.1) is 6.92 Å². The van der Waals surface area contributed by atoms with Gasteiger partial charge < -0.3 is 14.4 Å². The van der Waals surface area contributed by atoms with Gasteiger partial charge in [-0.1, -0.05) is 36.8 Å². The minimum absolute atomic E-state index is 0.181. The summed E-state index contributed by atoms with van der Waals surface area (Å²) in [5, 5.41) is 0. The molecular formula is C31H34BrN3O4S. The molecule has 1 atom stereocenters. The Balaban J connectivity index is 1.68. The van der Waals surface area contributed by atoms with E-state index in [0.717, 1.165) is 35.1 Å². The number of hydrogen-bond donors (Lipinski definition) is 0. The third-order valence-corrected chi connectivity index (χ3v) is 8.95. The van der Waals surface area contributed by atoms with Crippen LogP contribution in [0.1, 0.15) is 62.3 Å². The molecule has 0 amide bonds. The van der Waals surface area contributed by atoms with Gasteiger partial charge in [0, 0.05) is 18.8 Å². The number of carbonyl (C=O) groups excluding carboxylic acids is 1. The lowest BCUT2D eigenvalue weighted by Crippen LogP contribution is -2.40. The second-order valence-electron chi connectivity index (χ2n) is 10.0. The highest BCUT2D eigenvalue weighted by Crippen LogP contribution is 2.36. The van der Waals surface area contributed by atoms with Crippen LogP contribution in [0.4, 0.5) is 5.69 Å². The predicted octanol–water partition coefficient (Wildman–Crippen LogP) is 5.26. The van der Waals surface area contributed by atoms with Crippen molar-refractivity contribution in [2.45, 2.75) is 52.5 Å². The summed E-state index contributed by atoms with van der Waals surface area (Å²) in [5.41, 5.74) is 5.08. The minimum Gasteiger partial charge on any atom is -0.496 e. The number of hydrogen-bond acceptors (Lipinski definition) is 7. The number of nitrogens with zero attached hydrogens (tertiary/aromatic N) is 3. The van der Waals surface area contributed by atoms with E-state index >= 15 is 0 Å². The van der Waals surface area contributed by atoms with Gasteiger partial charge in [0.15, 0.2) is 4.80 Å². The van der Waals surface area contributed by atoms with Crippen LogP contribution < -0.4 is 24.5 Å². The van der Waals surface area contributed by atoms with Gasteiger partial charge in [0.25, 0.3) is 5.56 Å². The number of thiazole rings is 1. The molecule has 9 heteroatoms. The lowest BCUT2D eigenvalue weighted by molar-refractivity contribution is -0.139. The van der Waals surface area contributed by atoms with E-state index in [9.17, 15) is 9.59 Å². The van der Waals surface area contributed by atoms with Gasteiger partial charge in [-0.3, -0.25) is 9.36 Å². The molecule has 0 saturated carbocycles. The van der Waals surface area contributed by atoms with Gasteiger partial charge in [-0.2, -0.15) is 0 Å². The summed E-state index contributed by atoms with van der Waals surface area (Å²) < 4.78 is 13.9. The maximum atomic E-state index is 14.0. The molecule has 3 aromatic rings. The first kappa shape index (κ1) is 28.4. The van der Waals surface area contributed by atoms with E-state index in [0.29, 0.717) is 32.8 Å². The van der Waals surface area contributed by atoms with Crippen LogP contribution in [0.25, 0.3) is 6.08 Å². The quantitative estimate of drug-likeness (QED) is 0.320. The van der Waals surface area contributed by atoms with Gasteiger partial charge in [-0.15, -0.1) is 0 Å². The van der Waals surface area contributed by atoms with Crippen molar-refractivity contribution in [3.63, 3.8) is 0 Å². The summed E-state index contributed by atoms with van der Waals surface area (Å²) in [7, 11) is 1.60. The van der Waals surface area contributed by atoms with Crippen molar-refractivity contribution in [1.29, 1.82) is 0 Å². The number of allylic oxidation sites excluding steroid dienone is 1. The van der Waals surface area contributed by atoms with E-state index in [1.807, 2.05) is 31.2 Å². The van der Waals surface area contributed by atoms with Gasteiger partial charge in [-0.05, 0) is 96.1 Å². The zero-order valence-corrected chi connectivity index (χ0v) is 25.7. The van der Waals surface area contributed by atoms with Gasteiger partial charge in [0.05, 0.1) is 40.0 Å². The number of aryl methyl sites for hydroxylation is 1. The van der Waals surface area contributed by atoms with Crippen molar-refractivity contribution in [2.24, 2.45) is 4.99 Å². The second kappa shape index (κ2) is 12.1. The molecule has 0 bridgehead atoms. The summed E-state index contributed by atoms with van der Waals surface area (Å²) in [4.78, 5) is 35.3. The Labute approximate surface area is 246 Å². The molecule has 210 valence electrons. The number of methoxy groups -OCH3 is 1. The van der Waals surface area contributed by atoms with Crippen molar-refractivity contribution >= 4 is 45.0 Å². The number of carbonyl (C=O) groups is 1. The van der Waals surface area contributed by atoms with Crippen LogP contribution in [0.5, 0.6) is 5.75 Å². The highest BCUT2D eigenvalue weighted by Gasteiger charge is 2.34. The van der Waals surface area contributed by atoms with Gasteiger partial charge in [0.2, 0.25) is 0 Å². The SMILES string of the molecule is CCCC1=C(C(=O)OCC)[C@H](c2ccc(OC)c(Br)c2)n2c(s/c(=C/c3ccc(N4CCCC4)c(C)c3)c2=O)=N1. The Morgan fingerprint density at radius 1 is 1.18 bits per heavy atom. The standard InChI is InChI=1S/C31H34BrN3O4S/c1-5-9-23-27(30(37)39-6-2)28(21-11-13-25(38-4)22(32)18-21)35-29(36)26(40-31(35)33-23)17-20-10-12-24(19(3)16-20)34-14-7-8-15-34/h10-13,16-18,28H,5-9,14-15H2,1-4H3/b26-17+/t28-/m0/s1. The monoisotopic (exact) mass is 623 g/mol. The second-order valence-corrected chi connectivity index (χ2v) is 11.9. The minimum atomic E-state index is -0.666. The fraction of sp³-hybridized carbons (Fsp3) is 0.387. The molecular weight excluding hydrogens is 590 g/mol. The van der Waals surface area contributed by atoms with Crippen molar-refractivity contribution in [3.8, 4) is 5.75 Å². The first-order valence-corrected chi connectivity index (χ1v) is 15.4. The Hall–Kier alpha value is -3.17. The number of anilines is 1. The number of rotatable bonds is 8. The number of benzene rings is 2. The predicted molar refractivity (Wildman–Crippen MR) is 163 cm³/mol. The van der Waals surface area contributed by atoms with Crippen LogP contribution in [0.2, 0.25) is 0 Å². The van der Waals surface area contributed by atoms with Gasteiger partial charge in [-0.25, -0.2) is 9.79 Å². The largest absolute Gasteiger partial charge is 0.496 e. The number of aromatic nitrogens is 1. The summed E-state index contributed by atoms with van der Waals surface area (Å²) in [6, 6.07) is 11.3. The van der Waals surface area contributed by atoms with E-state index in [1.165, 1.54) is 35.4 Å². The average molecular weight is 625 g/mol. The van der Waals surface area contributed by atoms with Crippen LogP contribution >= 0.6 is 27.3 Å². The zero-order chi connectivity index (χ0) is 28.4. The fourth-order valence-corrected chi connectivity index (χ4v) is 7.10. The molecule has 1 saturated heterocycles. The molecule has 0 N–H and O–H groups in total. The number of fused-ring (bicyclic) bond motifs is 1. The maximum absolute atomic E-state index is 14.0. The Morgan fingerprint density at radius 3 is 2.60 bits per heavy atom. The molecule has 1 aromatic heterocycles. The van der Waals surface area contributed by atoms with Crippen LogP contribution in [-0.4, -0.2) is 37.3 Å². The van der Waals surface area contributed by atoms with Crippen LogP contribution in [-0.2, 0) is 9.53 Å². The van der Waals surface area contributed by atoms with Crippen molar-refractivity contribution < 1.29 is 14.3 Å². The van der Waals surface area contributed by atoms with Crippen LogP contribution in [0.15, 0.2) is 61.9 Å². The fourth-order valence-electron chi connectivity index (χ4n) is 5.52. The molecule has 0 spiro atoms. The van der Waals surface area contributed by atoms with Gasteiger partial charge >= 0.3 is 5.97 Å². The third-order valence-electron chi connectivity index (χ3n) is 7.35. The highest BCUT2D eigenvalue weighted by atomic mass is 79.9. The summed E-state index contributed by atoms with van der Waals surface area (Å²) in [5.74, 6) is 0.216. The molecule has 1 fully saturated rings. The maximum Gasteiger partial charge on any atom is 0.338 e. The molecule has 2 aromatic carbocycles. The van der Waals surface area contributed by atoms with E-state index < -0.39 is 12.0 Å². The molecule has 5 rings (SSSR count). The summed E-state index contributed by atoms with van der Waals surface area (Å²) in [6.45, 7) is 8.36. The van der Waals surface area contributed by atoms with Crippen LogP contribution in [0.3, 0.4) is 0 Å². The summed E-state index contributed by atoms with van der Waals surface area (Å²) in [6.07, 6.45) is 5.78. The van der Waals surface area contributed by atoms with E-state index in [2.05, 4.69) is 46.0 Å². The third kappa shape index (κ3) is 5.41. The number of halogens is 1. The van der Waals surface area contributed by atoms with Crippen molar-refractivity contribution in [2.75, 3.05) is 31.7 Å². The highest BCUT2D eigenvalue weighted by molar-refractivity contribution is 9.10. The number of esters is 1. The first-order valence-electron chi connectivity index (χ1n) is 13.8. The van der Waals surface area contributed by atoms with E-state index in [4.69, 9.17) is 14.5 Å². The average Bonchev–Trinajstić information content (AvgIpc) is 3.57. The smallest absolute Gasteiger partial charge is 0.338 e. The normalized spacial score (nSPS) is 17.2. The Kier molecular flexibility index (Phi) is 8.61. The number of ether oxygens (including phenoxy) is 2. The van der Waals surface area contributed by atoms with E-state index in [1.54, 1.807) is 18.6 Å². The lowest BCUT2D eigenvalue weighted by Gasteiger charge is -2.26. The summed E-state index contributed by atoms with van der Waals surface area (Å²) >= 11 is 4.93. The van der Waals surface area contributed by atoms with Crippen molar-refractivity contribution in [3.05, 3.63) is 88.5 Å². The lowest BCUT2D eigenvalue weighted by atomic mass is 9.94. The Morgan fingerprint density at radius 2 is 1.95 bits per heavy atom. The van der Waals surface area contributed by atoms with Gasteiger partial charge in [0.1, 0.15) is 5.75 Å². The molecule has 40 heavy (non-hydrogen) atoms. The molecule has 0 radical (unpaired) electrons.